The minimum absolute atomic E-state index is 0.00000871. The second-order valence-corrected chi connectivity index (χ2v) is 6.05. The van der Waals surface area contributed by atoms with E-state index in [4.69, 9.17) is 4.74 Å². The quantitative estimate of drug-likeness (QED) is 0.890. The average Bonchev–Trinajstić information content (AvgIpc) is 2.98. The van der Waals surface area contributed by atoms with Crippen LogP contribution in [0.1, 0.15) is 44.5 Å². The summed E-state index contributed by atoms with van der Waals surface area (Å²) in [5, 5.41) is 15.0. The number of amides is 2. The van der Waals surface area contributed by atoms with Gasteiger partial charge in [-0.3, -0.25) is 5.32 Å². The molecule has 1 saturated heterocycles. The van der Waals surface area contributed by atoms with Crippen LogP contribution in [-0.4, -0.2) is 35.0 Å². The van der Waals surface area contributed by atoms with Gasteiger partial charge in [0.05, 0.1) is 12.1 Å². The summed E-state index contributed by atoms with van der Waals surface area (Å²) >= 11 is 1.40. The van der Waals surface area contributed by atoms with Crippen molar-refractivity contribution in [3.05, 3.63) is 5.01 Å². The number of carbonyl (C=O) groups is 1. The molecule has 0 aliphatic carbocycles. The largest absolute Gasteiger partial charge is 0.376 e. The summed E-state index contributed by atoms with van der Waals surface area (Å²) in [6.07, 6.45) is 2.18. The van der Waals surface area contributed by atoms with Crippen molar-refractivity contribution < 1.29 is 9.53 Å². The fourth-order valence-corrected chi connectivity index (χ4v) is 2.69. The highest BCUT2D eigenvalue weighted by atomic mass is 32.1. The molecule has 1 aromatic rings. The van der Waals surface area contributed by atoms with Gasteiger partial charge in [-0.1, -0.05) is 25.2 Å². The van der Waals surface area contributed by atoms with E-state index < -0.39 is 0 Å². The van der Waals surface area contributed by atoms with Crippen LogP contribution in [0, 0.1) is 0 Å². The molecule has 0 bridgehead atoms. The molecule has 7 heteroatoms. The maximum atomic E-state index is 11.8. The topological polar surface area (TPSA) is 76.1 Å². The van der Waals surface area contributed by atoms with Gasteiger partial charge in [-0.15, -0.1) is 10.2 Å². The lowest BCUT2D eigenvalue weighted by molar-refractivity contribution is 0.0868. The van der Waals surface area contributed by atoms with Gasteiger partial charge >= 0.3 is 6.03 Å². The minimum atomic E-state index is -0.255. The Balaban J connectivity index is 1.82. The van der Waals surface area contributed by atoms with Gasteiger partial charge in [-0.05, 0) is 19.8 Å². The lowest BCUT2D eigenvalue weighted by atomic mass is 10.1. The van der Waals surface area contributed by atoms with Crippen molar-refractivity contribution >= 4 is 22.5 Å². The molecule has 0 radical (unpaired) electrons. The fourth-order valence-electron chi connectivity index (χ4n) is 1.95. The molecule has 0 unspecified atom stereocenters. The van der Waals surface area contributed by atoms with Crippen LogP contribution in [0.5, 0.6) is 0 Å². The minimum Gasteiger partial charge on any atom is -0.376 e. The zero-order valence-electron chi connectivity index (χ0n) is 11.5. The molecule has 2 heterocycles. The Morgan fingerprint density at radius 3 is 2.79 bits per heavy atom. The number of urea groups is 1. The normalized spacial score (nSPS) is 20.5. The number of nitrogens with zero attached hydrogens (tertiary/aromatic N) is 2. The highest BCUT2D eigenvalue weighted by Gasteiger charge is 2.23. The second-order valence-electron chi connectivity index (χ2n) is 5.04. The Labute approximate surface area is 116 Å². The van der Waals surface area contributed by atoms with E-state index in [1.165, 1.54) is 11.3 Å². The number of rotatable bonds is 4. The van der Waals surface area contributed by atoms with Crippen molar-refractivity contribution in [3.8, 4) is 0 Å². The van der Waals surface area contributed by atoms with Crippen LogP contribution in [0.25, 0.3) is 0 Å². The SMILES string of the molecule is CC(C)c1nnc(NC(=O)N[C@H](C)[C@@H]2CCCO2)s1. The molecule has 0 saturated carbocycles. The van der Waals surface area contributed by atoms with Crippen LogP contribution in [0.15, 0.2) is 0 Å². The summed E-state index contributed by atoms with van der Waals surface area (Å²) in [5.41, 5.74) is 0. The molecule has 19 heavy (non-hydrogen) atoms. The Morgan fingerprint density at radius 2 is 2.21 bits per heavy atom. The number of carbonyl (C=O) groups excluding carboxylic acids is 1. The first kappa shape index (κ1) is 14.2. The second kappa shape index (κ2) is 6.29. The highest BCUT2D eigenvalue weighted by Crippen LogP contribution is 2.22. The molecule has 1 aliphatic rings. The monoisotopic (exact) mass is 284 g/mol. The van der Waals surface area contributed by atoms with Crippen molar-refractivity contribution in [2.24, 2.45) is 0 Å². The van der Waals surface area contributed by atoms with Crippen molar-refractivity contribution in [2.45, 2.75) is 51.7 Å². The first-order valence-electron chi connectivity index (χ1n) is 6.58. The summed E-state index contributed by atoms with van der Waals surface area (Å²) in [7, 11) is 0. The number of hydrogen-bond acceptors (Lipinski definition) is 5. The molecule has 1 fully saturated rings. The van der Waals surface area contributed by atoms with Crippen LogP contribution in [0.2, 0.25) is 0 Å². The predicted octanol–water partition coefficient (Wildman–Crippen LogP) is 2.35. The van der Waals surface area contributed by atoms with Crippen LogP contribution in [0.4, 0.5) is 9.93 Å². The molecule has 1 aliphatic heterocycles. The van der Waals surface area contributed by atoms with Crippen LogP contribution in [0.3, 0.4) is 0 Å². The highest BCUT2D eigenvalue weighted by molar-refractivity contribution is 7.15. The third kappa shape index (κ3) is 3.87. The molecular formula is C12H20N4O2S. The molecule has 2 N–H and O–H groups in total. The molecule has 2 amide bonds. The number of nitrogens with one attached hydrogen (secondary N) is 2. The molecule has 0 spiro atoms. The first-order valence-corrected chi connectivity index (χ1v) is 7.40. The van der Waals surface area contributed by atoms with Crippen molar-refractivity contribution in [2.75, 3.05) is 11.9 Å². The van der Waals surface area contributed by atoms with Gasteiger partial charge < -0.3 is 10.1 Å². The van der Waals surface area contributed by atoms with Crippen molar-refractivity contribution in [3.63, 3.8) is 0 Å². The molecule has 2 atom stereocenters. The number of hydrogen-bond donors (Lipinski definition) is 2. The van der Waals surface area contributed by atoms with Crippen molar-refractivity contribution in [1.82, 2.24) is 15.5 Å². The smallest absolute Gasteiger partial charge is 0.321 e. The summed E-state index contributed by atoms with van der Waals surface area (Å²) in [6.45, 7) is 6.83. The molecule has 6 nitrogen and oxygen atoms in total. The van der Waals surface area contributed by atoms with Crippen LogP contribution >= 0.6 is 11.3 Å². The van der Waals surface area contributed by atoms with Gasteiger partial charge in [0.15, 0.2) is 0 Å². The van der Waals surface area contributed by atoms with Gasteiger partial charge in [0, 0.05) is 12.5 Å². The molecule has 2 rings (SSSR count). The third-order valence-electron chi connectivity index (χ3n) is 3.04. The molecule has 0 aromatic carbocycles. The van der Waals surface area contributed by atoms with E-state index in [1.807, 2.05) is 20.8 Å². The third-order valence-corrected chi connectivity index (χ3v) is 4.18. The zero-order valence-corrected chi connectivity index (χ0v) is 12.3. The summed E-state index contributed by atoms with van der Waals surface area (Å²) in [5.74, 6) is 0.321. The van der Waals surface area contributed by atoms with Gasteiger partial charge in [0.2, 0.25) is 5.13 Å². The zero-order chi connectivity index (χ0) is 13.8. The van der Waals surface area contributed by atoms with Gasteiger partial charge in [-0.25, -0.2) is 4.79 Å². The lowest BCUT2D eigenvalue weighted by Gasteiger charge is -2.19. The van der Waals surface area contributed by atoms with Crippen LogP contribution < -0.4 is 10.6 Å². The predicted molar refractivity (Wildman–Crippen MR) is 74.6 cm³/mol. The fraction of sp³-hybridized carbons (Fsp3) is 0.750. The first-order chi connectivity index (χ1) is 9.06. The summed E-state index contributed by atoms with van der Waals surface area (Å²) in [4.78, 5) is 11.8. The maximum Gasteiger partial charge on any atom is 0.321 e. The van der Waals surface area contributed by atoms with E-state index in [0.29, 0.717) is 11.0 Å². The van der Waals surface area contributed by atoms with Gasteiger partial charge in [-0.2, -0.15) is 0 Å². The van der Waals surface area contributed by atoms with E-state index in [0.717, 1.165) is 24.5 Å². The number of aromatic nitrogens is 2. The number of ether oxygens (including phenoxy) is 1. The molecule has 106 valence electrons. The van der Waals surface area contributed by atoms with E-state index >= 15 is 0 Å². The van der Waals surface area contributed by atoms with Crippen LogP contribution in [-0.2, 0) is 4.74 Å². The van der Waals surface area contributed by atoms with Gasteiger partial charge in [0.25, 0.3) is 0 Å². The Hall–Kier alpha value is -1.21. The van der Waals surface area contributed by atoms with E-state index in [2.05, 4.69) is 20.8 Å². The number of anilines is 1. The van der Waals surface area contributed by atoms with Gasteiger partial charge in [0.1, 0.15) is 5.01 Å². The maximum absolute atomic E-state index is 11.8. The standard InChI is InChI=1S/C12H20N4O2S/c1-7(2)10-15-16-12(19-10)14-11(17)13-8(3)9-5-4-6-18-9/h7-9H,4-6H2,1-3H3,(H2,13,14,16,17)/t8-,9+/m1/s1. The Morgan fingerprint density at radius 1 is 1.42 bits per heavy atom. The lowest BCUT2D eigenvalue weighted by Crippen LogP contribution is -2.42. The average molecular weight is 284 g/mol. The van der Waals surface area contributed by atoms with Crippen molar-refractivity contribution in [1.29, 1.82) is 0 Å². The molecule has 1 aromatic heterocycles. The van der Waals surface area contributed by atoms with E-state index in [-0.39, 0.29) is 18.2 Å². The molecular weight excluding hydrogens is 264 g/mol. The Kier molecular flexibility index (Phi) is 4.71. The van der Waals surface area contributed by atoms with E-state index in [1.54, 1.807) is 0 Å². The Bertz CT molecular complexity index is 429. The summed E-state index contributed by atoms with van der Waals surface area (Å²) < 4.78 is 5.53. The summed E-state index contributed by atoms with van der Waals surface area (Å²) in [6, 6.07) is -0.255. The van der Waals surface area contributed by atoms with E-state index in [9.17, 15) is 4.79 Å².